The lowest BCUT2D eigenvalue weighted by Crippen LogP contribution is -2.38. The number of nitrogens with one attached hydrogen (secondary N) is 1. The van der Waals surface area contributed by atoms with Crippen LogP contribution >= 0.6 is 0 Å². The van der Waals surface area contributed by atoms with E-state index in [1.807, 2.05) is 0 Å². The molecule has 0 heterocycles. The summed E-state index contributed by atoms with van der Waals surface area (Å²) in [5.74, 6) is 0. The molecule has 1 nitrogen and oxygen atoms in total. The Bertz CT molecular complexity index is 281. The van der Waals surface area contributed by atoms with Gasteiger partial charge in [0.2, 0.25) is 0 Å². The van der Waals surface area contributed by atoms with Crippen molar-refractivity contribution < 1.29 is 0 Å². The van der Waals surface area contributed by atoms with Crippen molar-refractivity contribution in [1.82, 2.24) is 5.32 Å². The van der Waals surface area contributed by atoms with E-state index in [1.54, 1.807) is 0 Å². The van der Waals surface area contributed by atoms with Crippen molar-refractivity contribution in [1.29, 1.82) is 0 Å². The van der Waals surface area contributed by atoms with Crippen molar-refractivity contribution in [2.24, 2.45) is 0 Å². The van der Waals surface area contributed by atoms with Crippen molar-refractivity contribution >= 4 is 0 Å². The minimum absolute atomic E-state index is 0.619. The summed E-state index contributed by atoms with van der Waals surface area (Å²) in [5.41, 5.74) is 1.44. The molecule has 0 saturated heterocycles. The molecule has 0 saturated carbocycles. The maximum Gasteiger partial charge on any atom is 0.0107 e. The van der Waals surface area contributed by atoms with Crippen LogP contribution in [0.2, 0.25) is 0 Å². The predicted molar refractivity (Wildman–Crippen MR) is 76.3 cm³/mol. The van der Waals surface area contributed by atoms with E-state index in [9.17, 15) is 0 Å². The fourth-order valence-corrected chi connectivity index (χ4v) is 2.31. The molecule has 1 rings (SSSR count). The molecule has 0 radical (unpaired) electrons. The fraction of sp³-hybridized carbons (Fsp3) is 0.625. The Kier molecular flexibility index (Phi) is 6.95. The summed E-state index contributed by atoms with van der Waals surface area (Å²) in [6.45, 7) is 6.82. The van der Waals surface area contributed by atoms with Crippen LogP contribution < -0.4 is 5.32 Å². The maximum absolute atomic E-state index is 3.80. The molecule has 1 heteroatoms. The Hall–Kier alpha value is -0.820. The normalized spacial score (nSPS) is 14.5. The number of hydrogen-bond donors (Lipinski definition) is 1. The van der Waals surface area contributed by atoms with Crippen LogP contribution in [0.15, 0.2) is 30.3 Å². The largest absolute Gasteiger partial charge is 0.311 e. The van der Waals surface area contributed by atoms with Crippen molar-refractivity contribution in [3.8, 4) is 0 Å². The van der Waals surface area contributed by atoms with Crippen LogP contribution in [0.5, 0.6) is 0 Å². The summed E-state index contributed by atoms with van der Waals surface area (Å²) in [4.78, 5) is 0. The Morgan fingerprint density at radius 1 is 0.941 bits per heavy atom. The fourth-order valence-electron chi connectivity index (χ4n) is 2.31. The molecule has 0 spiro atoms. The zero-order valence-corrected chi connectivity index (χ0v) is 11.6. The minimum atomic E-state index is 0.619. The lowest BCUT2D eigenvalue weighted by atomic mass is 10.0. The van der Waals surface area contributed by atoms with Crippen LogP contribution in [0, 0.1) is 0 Å². The highest BCUT2D eigenvalue weighted by Crippen LogP contribution is 2.09. The van der Waals surface area contributed by atoms with E-state index in [-0.39, 0.29) is 0 Å². The second kappa shape index (κ2) is 8.30. The quantitative estimate of drug-likeness (QED) is 0.710. The zero-order valence-electron chi connectivity index (χ0n) is 11.6. The third-order valence-electron chi connectivity index (χ3n) is 3.42. The summed E-state index contributed by atoms with van der Waals surface area (Å²) >= 11 is 0. The number of benzene rings is 1. The molecule has 96 valence electrons. The molecule has 1 aromatic rings. The highest BCUT2D eigenvalue weighted by Gasteiger charge is 2.12. The van der Waals surface area contributed by atoms with Crippen LogP contribution in [0.3, 0.4) is 0 Å². The molecule has 0 aliphatic carbocycles. The second-order valence-corrected chi connectivity index (χ2v) is 4.86. The molecule has 0 aromatic heterocycles. The van der Waals surface area contributed by atoms with Gasteiger partial charge >= 0.3 is 0 Å². The Labute approximate surface area is 107 Å². The first kappa shape index (κ1) is 14.2. The van der Waals surface area contributed by atoms with Gasteiger partial charge < -0.3 is 5.32 Å². The van der Waals surface area contributed by atoms with Gasteiger partial charge in [-0.1, -0.05) is 57.5 Å². The molecule has 0 aliphatic rings. The first-order chi connectivity index (χ1) is 8.30. The molecule has 2 atom stereocenters. The summed E-state index contributed by atoms with van der Waals surface area (Å²) in [5, 5.41) is 3.80. The lowest BCUT2D eigenvalue weighted by Gasteiger charge is -2.24. The van der Waals surface area contributed by atoms with Gasteiger partial charge in [-0.05, 0) is 31.2 Å². The first-order valence-corrected chi connectivity index (χ1v) is 7.10. The Morgan fingerprint density at radius 2 is 1.59 bits per heavy atom. The van der Waals surface area contributed by atoms with Gasteiger partial charge in [0.1, 0.15) is 0 Å². The van der Waals surface area contributed by atoms with E-state index in [2.05, 4.69) is 56.4 Å². The Morgan fingerprint density at radius 3 is 2.12 bits per heavy atom. The summed E-state index contributed by atoms with van der Waals surface area (Å²) in [6.07, 6.45) is 6.15. The SMILES string of the molecule is CCCC(CC)NC(CC)Cc1ccccc1. The first-order valence-electron chi connectivity index (χ1n) is 7.10. The highest BCUT2D eigenvalue weighted by molar-refractivity contribution is 5.15. The van der Waals surface area contributed by atoms with Crippen molar-refractivity contribution in [2.45, 2.75) is 65.0 Å². The van der Waals surface area contributed by atoms with Crippen LogP contribution in [-0.4, -0.2) is 12.1 Å². The van der Waals surface area contributed by atoms with E-state index < -0.39 is 0 Å². The molecule has 0 bridgehead atoms. The minimum Gasteiger partial charge on any atom is -0.311 e. The Balaban J connectivity index is 2.48. The highest BCUT2D eigenvalue weighted by atomic mass is 14.9. The molecular weight excluding hydrogens is 206 g/mol. The average molecular weight is 233 g/mol. The van der Waals surface area contributed by atoms with Gasteiger partial charge in [-0.15, -0.1) is 0 Å². The van der Waals surface area contributed by atoms with Crippen molar-refractivity contribution in [2.75, 3.05) is 0 Å². The standard InChI is InChI=1S/C16H27N/c1-4-10-15(5-2)17-16(6-3)13-14-11-8-7-9-12-14/h7-9,11-12,15-17H,4-6,10,13H2,1-3H3. The molecular formula is C16H27N. The van der Waals surface area contributed by atoms with Gasteiger partial charge in [-0.3, -0.25) is 0 Å². The second-order valence-electron chi connectivity index (χ2n) is 4.86. The number of hydrogen-bond acceptors (Lipinski definition) is 1. The van der Waals surface area contributed by atoms with E-state index in [0.29, 0.717) is 12.1 Å². The maximum atomic E-state index is 3.80. The zero-order chi connectivity index (χ0) is 12.5. The van der Waals surface area contributed by atoms with Gasteiger partial charge in [-0.2, -0.15) is 0 Å². The van der Waals surface area contributed by atoms with Gasteiger partial charge in [0.05, 0.1) is 0 Å². The summed E-state index contributed by atoms with van der Waals surface area (Å²) in [7, 11) is 0. The average Bonchev–Trinajstić information content (AvgIpc) is 2.38. The molecule has 0 amide bonds. The molecule has 2 unspecified atom stereocenters. The van der Waals surface area contributed by atoms with E-state index in [1.165, 1.54) is 31.2 Å². The smallest absolute Gasteiger partial charge is 0.0107 e. The van der Waals surface area contributed by atoms with E-state index in [4.69, 9.17) is 0 Å². The molecule has 1 N–H and O–H groups in total. The monoisotopic (exact) mass is 233 g/mol. The van der Waals surface area contributed by atoms with Gasteiger partial charge in [-0.25, -0.2) is 0 Å². The third kappa shape index (κ3) is 5.36. The topological polar surface area (TPSA) is 12.0 Å². The predicted octanol–water partition coefficient (Wildman–Crippen LogP) is 4.18. The lowest BCUT2D eigenvalue weighted by molar-refractivity contribution is 0.385. The molecule has 17 heavy (non-hydrogen) atoms. The third-order valence-corrected chi connectivity index (χ3v) is 3.42. The molecule has 0 fully saturated rings. The van der Waals surface area contributed by atoms with Crippen molar-refractivity contribution in [3.63, 3.8) is 0 Å². The van der Waals surface area contributed by atoms with Crippen molar-refractivity contribution in [3.05, 3.63) is 35.9 Å². The van der Waals surface area contributed by atoms with Crippen LogP contribution in [0.1, 0.15) is 52.0 Å². The summed E-state index contributed by atoms with van der Waals surface area (Å²) < 4.78 is 0. The van der Waals surface area contributed by atoms with Crippen LogP contribution in [0.4, 0.5) is 0 Å². The van der Waals surface area contributed by atoms with E-state index >= 15 is 0 Å². The van der Waals surface area contributed by atoms with E-state index in [0.717, 1.165) is 6.42 Å². The van der Waals surface area contributed by atoms with Gasteiger partial charge in [0, 0.05) is 12.1 Å². The van der Waals surface area contributed by atoms with Gasteiger partial charge in [0.25, 0.3) is 0 Å². The van der Waals surface area contributed by atoms with Gasteiger partial charge in [0.15, 0.2) is 0 Å². The van der Waals surface area contributed by atoms with Crippen LogP contribution in [0.25, 0.3) is 0 Å². The summed E-state index contributed by atoms with van der Waals surface area (Å²) in [6, 6.07) is 12.1. The molecule has 1 aromatic carbocycles. The number of rotatable bonds is 8. The molecule has 0 aliphatic heterocycles. The van der Waals surface area contributed by atoms with Crippen LogP contribution in [-0.2, 0) is 6.42 Å².